The van der Waals surface area contributed by atoms with Gasteiger partial charge in [-0.25, -0.2) is 4.57 Å². The second-order valence-corrected chi connectivity index (χ2v) is 22.5. The van der Waals surface area contributed by atoms with Crippen LogP contribution < -0.4 is 5.32 Å². The minimum Gasteiger partial charge on any atom is -0.387 e. The molecule has 0 aromatic rings. The number of aliphatic hydroxyl groups excluding tert-OH is 1. The summed E-state index contributed by atoms with van der Waals surface area (Å²) >= 11 is 0. The molecule has 8 nitrogen and oxygen atoms in total. The molecular weight excluding hydrogens is 864 g/mol. The number of hydrogen-bond donors (Lipinski definition) is 3. The van der Waals surface area contributed by atoms with E-state index in [1.807, 2.05) is 27.2 Å². The third-order valence-corrected chi connectivity index (χ3v) is 14.0. The molecule has 0 bridgehead atoms. The quantitative estimate of drug-likeness (QED) is 0.0243. The van der Waals surface area contributed by atoms with Crippen LogP contribution in [0, 0.1) is 0 Å². The predicted octanol–water partition coefficient (Wildman–Crippen LogP) is 17.5. The van der Waals surface area contributed by atoms with Crippen molar-refractivity contribution in [2.24, 2.45) is 0 Å². The topological polar surface area (TPSA) is 105 Å². The Morgan fingerprint density at radius 1 is 0.500 bits per heavy atom. The lowest BCUT2D eigenvalue weighted by atomic mass is 10.0. The summed E-state index contributed by atoms with van der Waals surface area (Å²) in [7, 11) is 1.56. The monoisotopic (exact) mass is 978 g/mol. The van der Waals surface area contributed by atoms with Crippen molar-refractivity contribution in [3.63, 3.8) is 0 Å². The highest BCUT2D eigenvalue weighted by atomic mass is 31.2. The van der Waals surface area contributed by atoms with Crippen LogP contribution in [-0.2, 0) is 18.4 Å². The van der Waals surface area contributed by atoms with Gasteiger partial charge in [-0.3, -0.25) is 13.8 Å². The Morgan fingerprint density at radius 2 is 0.853 bits per heavy atom. The number of phosphoric ester groups is 1. The van der Waals surface area contributed by atoms with Crippen molar-refractivity contribution >= 4 is 13.7 Å². The molecule has 0 saturated carbocycles. The number of quaternary nitrogens is 1. The summed E-state index contributed by atoms with van der Waals surface area (Å²) in [5.41, 5.74) is 0. The smallest absolute Gasteiger partial charge is 0.387 e. The van der Waals surface area contributed by atoms with Crippen LogP contribution in [0.4, 0.5) is 0 Å². The standard InChI is InChI=1S/C59H113N2O6P/c1-6-8-10-12-14-16-18-19-20-21-22-23-24-25-26-27-28-29-30-31-32-33-34-35-36-37-38-39-40-41-43-45-47-49-51-53-59(63)60-57(56-67-68(64,65)66-55-54-61(3,4)5)58(62)52-50-48-46-44-42-17-15-13-11-9-7-2/h18-19,21-22,42,44,50,52,57-58,62H,6-17,20,23-41,43,45-49,51,53-56H2,1-5H3,(H-,60,63,64,65)/p+1/b19-18-,22-21-,44-42+,52-50+. The van der Waals surface area contributed by atoms with E-state index >= 15 is 0 Å². The molecule has 3 unspecified atom stereocenters. The molecule has 0 heterocycles. The van der Waals surface area contributed by atoms with E-state index in [0.717, 1.165) is 44.9 Å². The minimum absolute atomic E-state index is 0.0568. The lowest BCUT2D eigenvalue weighted by molar-refractivity contribution is -0.870. The number of carbonyl (C=O) groups is 1. The van der Waals surface area contributed by atoms with E-state index in [9.17, 15) is 19.4 Å². The number of amides is 1. The average Bonchev–Trinajstić information content (AvgIpc) is 3.30. The molecule has 0 spiro atoms. The summed E-state index contributed by atoms with van der Waals surface area (Å²) in [6.07, 6.45) is 66.7. The Bertz CT molecular complexity index is 1250. The highest BCUT2D eigenvalue weighted by Crippen LogP contribution is 2.43. The predicted molar refractivity (Wildman–Crippen MR) is 295 cm³/mol. The number of allylic oxidation sites excluding steroid dienone is 7. The number of unbranched alkanes of at least 4 members (excludes halogenated alkanes) is 34. The zero-order valence-corrected chi connectivity index (χ0v) is 46.5. The van der Waals surface area contributed by atoms with Gasteiger partial charge in [0, 0.05) is 6.42 Å². The average molecular weight is 979 g/mol. The number of aliphatic hydroxyl groups is 1. The molecule has 1 amide bonds. The van der Waals surface area contributed by atoms with Gasteiger partial charge in [0.2, 0.25) is 5.91 Å². The summed E-state index contributed by atoms with van der Waals surface area (Å²) in [5, 5.41) is 13.8. The van der Waals surface area contributed by atoms with Gasteiger partial charge in [-0.2, -0.15) is 0 Å². The van der Waals surface area contributed by atoms with Crippen LogP contribution in [0.5, 0.6) is 0 Å². The molecule has 3 atom stereocenters. The second-order valence-electron chi connectivity index (χ2n) is 21.0. The zero-order valence-electron chi connectivity index (χ0n) is 45.6. The third kappa shape index (κ3) is 52.3. The van der Waals surface area contributed by atoms with E-state index in [2.05, 4.69) is 55.6 Å². The van der Waals surface area contributed by atoms with E-state index in [4.69, 9.17) is 9.05 Å². The number of likely N-dealkylation sites (N-methyl/N-ethyl adjacent to an activating group) is 1. The molecular formula is C59H114N2O6P+. The summed E-state index contributed by atoms with van der Waals surface area (Å²) in [5.74, 6) is -0.185. The number of nitrogens with one attached hydrogen (secondary N) is 1. The first-order valence-electron chi connectivity index (χ1n) is 29.0. The number of hydrogen-bond acceptors (Lipinski definition) is 5. The second kappa shape index (κ2) is 50.4. The van der Waals surface area contributed by atoms with Crippen molar-refractivity contribution in [1.29, 1.82) is 0 Å². The van der Waals surface area contributed by atoms with E-state index in [-0.39, 0.29) is 19.1 Å². The first kappa shape index (κ1) is 66.5. The van der Waals surface area contributed by atoms with Crippen molar-refractivity contribution in [1.82, 2.24) is 5.32 Å². The first-order chi connectivity index (χ1) is 33.0. The largest absolute Gasteiger partial charge is 0.472 e. The fraction of sp³-hybridized carbons (Fsp3) is 0.847. The molecule has 0 aliphatic heterocycles. The number of rotatable bonds is 53. The van der Waals surface area contributed by atoms with Gasteiger partial charge in [-0.1, -0.05) is 249 Å². The molecule has 0 aliphatic carbocycles. The lowest BCUT2D eigenvalue weighted by Crippen LogP contribution is -2.45. The lowest BCUT2D eigenvalue weighted by Gasteiger charge is -2.25. The summed E-state index contributed by atoms with van der Waals surface area (Å²) < 4.78 is 23.6. The Balaban J connectivity index is 3.92. The number of phosphoric acid groups is 1. The van der Waals surface area contributed by atoms with Crippen LogP contribution in [0.15, 0.2) is 48.6 Å². The number of nitrogens with zero attached hydrogens (tertiary/aromatic N) is 1. The highest BCUT2D eigenvalue weighted by molar-refractivity contribution is 7.47. The Labute approximate surface area is 422 Å². The third-order valence-electron chi connectivity index (χ3n) is 13.0. The Kier molecular flexibility index (Phi) is 49.3. The molecule has 3 N–H and O–H groups in total. The zero-order chi connectivity index (χ0) is 49.9. The van der Waals surface area contributed by atoms with Crippen LogP contribution in [0.2, 0.25) is 0 Å². The van der Waals surface area contributed by atoms with E-state index in [1.165, 1.54) is 205 Å². The molecule has 68 heavy (non-hydrogen) atoms. The van der Waals surface area contributed by atoms with Gasteiger partial charge >= 0.3 is 7.82 Å². The maximum atomic E-state index is 12.9. The van der Waals surface area contributed by atoms with Gasteiger partial charge in [0.1, 0.15) is 13.2 Å². The van der Waals surface area contributed by atoms with E-state index < -0.39 is 20.0 Å². The SMILES string of the molecule is CCCCCCC/C=C\C/C=C\CCCCCCCCCCCCCCCCCCCCCCCCCC(=O)NC(COP(=O)(O)OCC[N+](C)(C)C)C(O)/C=C/CC/C=C/CCCCCCC. The molecule has 0 radical (unpaired) electrons. The van der Waals surface area contributed by atoms with Gasteiger partial charge in [-0.05, 0) is 64.2 Å². The van der Waals surface area contributed by atoms with Crippen LogP contribution >= 0.6 is 7.82 Å². The van der Waals surface area contributed by atoms with Crippen molar-refractivity contribution in [2.75, 3.05) is 40.9 Å². The van der Waals surface area contributed by atoms with Gasteiger partial charge in [0.25, 0.3) is 0 Å². The normalized spacial score (nSPS) is 14.3. The van der Waals surface area contributed by atoms with Crippen LogP contribution in [0.3, 0.4) is 0 Å². The summed E-state index contributed by atoms with van der Waals surface area (Å²) in [4.78, 5) is 23.2. The van der Waals surface area contributed by atoms with Crippen molar-refractivity contribution in [2.45, 2.75) is 283 Å². The molecule has 9 heteroatoms. The highest BCUT2D eigenvalue weighted by Gasteiger charge is 2.27. The van der Waals surface area contributed by atoms with E-state index in [0.29, 0.717) is 17.4 Å². The van der Waals surface area contributed by atoms with Crippen molar-refractivity contribution < 1.29 is 32.9 Å². The van der Waals surface area contributed by atoms with Crippen molar-refractivity contribution in [3.8, 4) is 0 Å². The summed E-state index contributed by atoms with van der Waals surface area (Å²) in [6, 6.07) is -0.861. The summed E-state index contributed by atoms with van der Waals surface area (Å²) in [6.45, 7) is 4.77. The molecule has 0 fully saturated rings. The Hall–Kier alpha value is -1.54. The van der Waals surface area contributed by atoms with Gasteiger partial charge in [0.05, 0.1) is 39.9 Å². The fourth-order valence-corrected chi connectivity index (χ4v) is 9.18. The van der Waals surface area contributed by atoms with Crippen molar-refractivity contribution in [3.05, 3.63) is 48.6 Å². The molecule has 0 aliphatic rings. The maximum absolute atomic E-state index is 12.9. The molecule has 400 valence electrons. The molecule has 0 aromatic heterocycles. The maximum Gasteiger partial charge on any atom is 0.472 e. The molecule has 0 aromatic carbocycles. The van der Waals surface area contributed by atoms with E-state index in [1.54, 1.807) is 6.08 Å². The fourth-order valence-electron chi connectivity index (χ4n) is 8.44. The molecule has 0 saturated heterocycles. The van der Waals surface area contributed by atoms with Gasteiger partial charge in [0.15, 0.2) is 0 Å². The van der Waals surface area contributed by atoms with Crippen LogP contribution in [0.25, 0.3) is 0 Å². The van der Waals surface area contributed by atoms with Gasteiger partial charge < -0.3 is 19.8 Å². The van der Waals surface area contributed by atoms with Gasteiger partial charge in [-0.15, -0.1) is 0 Å². The first-order valence-corrected chi connectivity index (χ1v) is 30.5. The number of carbonyl (C=O) groups excluding carboxylic acids is 1. The molecule has 0 rings (SSSR count). The Morgan fingerprint density at radius 3 is 1.26 bits per heavy atom. The minimum atomic E-state index is -4.35. The van der Waals surface area contributed by atoms with Crippen LogP contribution in [-0.4, -0.2) is 73.4 Å². The van der Waals surface area contributed by atoms with Crippen LogP contribution in [0.1, 0.15) is 271 Å².